The molecule has 0 saturated carbocycles. The Morgan fingerprint density at radius 1 is 1.12 bits per heavy atom. The van der Waals surface area contributed by atoms with Crippen molar-refractivity contribution in [3.63, 3.8) is 0 Å². The van der Waals surface area contributed by atoms with Crippen molar-refractivity contribution in [2.45, 2.75) is 32.0 Å². The third kappa shape index (κ3) is 3.97. The maximum atomic E-state index is 13.5. The molecule has 0 spiro atoms. The van der Waals surface area contributed by atoms with Gasteiger partial charge in [0.1, 0.15) is 11.6 Å². The second-order valence-electron chi connectivity index (χ2n) is 7.19. The van der Waals surface area contributed by atoms with Gasteiger partial charge in [-0.05, 0) is 49.2 Å². The molecule has 0 aliphatic carbocycles. The van der Waals surface area contributed by atoms with Gasteiger partial charge in [0.15, 0.2) is 0 Å². The molecule has 3 atom stereocenters. The van der Waals surface area contributed by atoms with Crippen LogP contribution < -0.4 is 0 Å². The quantitative estimate of drug-likeness (QED) is 0.815. The van der Waals surface area contributed by atoms with Gasteiger partial charge in [-0.3, -0.25) is 9.80 Å². The molecule has 0 bridgehead atoms. The lowest BCUT2D eigenvalue weighted by molar-refractivity contribution is 0.0306. The highest BCUT2D eigenvalue weighted by atomic mass is 19.1. The summed E-state index contributed by atoms with van der Waals surface area (Å²) < 4.78 is 13.5. The van der Waals surface area contributed by atoms with Gasteiger partial charge >= 0.3 is 0 Å². The van der Waals surface area contributed by atoms with Crippen molar-refractivity contribution < 1.29 is 9.50 Å². The Labute approximate surface area is 155 Å². The molecule has 1 aliphatic heterocycles. The van der Waals surface area contributed by atoms with Gasteiger partial charge in [0.25, 0.3) is 0 Å². The van der Waals surface area contributed by atoms with Crippen molar-refractivity contribution >= 4 is 0 Å². The number of hydrogen-bond acceptors (Lipinski definition) is 3. The molecule has 1 fully saturated rings. The van der Waals surface area contributed by atoms with E-state index < -0.39 is 0 Å². The summed E-state index contributed by atoms with van der Waals surface area (Å²) in [7, 11) is 0. The first-order valence-electron chi connectivity index (χ1n) is 9.14. The van der Waals surface area contributed by atoms with Crippen LogP contribution in [0.15, 0.2) is 61.2 Å². The zero-order chi connectivity index (χ0) is 18.7. The number of halogens is 1. The largest absolute Gasteiger partial charge is 0.508 e. The lowest BCUT2D eigenvalue weighted by Gasteiger charge is -2.47. The van der Waals surface area contributed by atoms with Crippen LogP contribution in [-0.2, 0) is 0 Å². The molecular weight excluding hydrogens is 327 g/mol. The van der Waals surface area contributed by atoms with E-state index in [-0.39, 0.29) is 17.6 Å². The fraction of sp³-hybridized carbons (Fsp3) is 0.364. The first-order chi connectivity index (χ1) is 12.5. The molecule has 0 unspecified atom stereocenters. The summed E-state index contributed by atoms with van der Waals surface area (Å²) in [5.41, 5.74) is 2.06. The summed E-state index contributed by atoms with van der Waals surface area (Å²) in [5.74, 6) is 0.0150. The highest BCUT2D eigenvalue weighted by Crippen LogP contribution is 2.34. The van der Waals surface area contributed by atoms with Crippen LogP contribution in [0.3, 0.4) is 0 Å². The maximum Gasteiger partial charge on any atom is 0.123 e. The SMILES string of the molecule is C=CCN1C[C@@H](C)N([C@H](c2ccc(F)cc2)c2cccc(O)c2)C[C@@H]1C. The fourth-order valence-electron chi connectivity index (χ4n) is 3.92. The predicted molar refractivity (Wildman–Crippen MR) is 104 cm³/mol. The molecule has 1 heterocycles. The third-order valence-electron chi connectivity index (χ3n) is 5.23. The summed E-state index contributed by atoms with van der Waals surface area (Å²) >= 11 is 0. The van der Waals surface area contributed by atoms with Gasteiger partial charge in [-0.1, -0.05) is 30.3 Å². The minimum absolute atomic E-state index is 0.0222. The number of phenolic OH excluding ortho intramolecular Hbond substituents is 1. The van der Waals surface area contributed by atoms with E-state index in [1.54, 1.807) is 6.07 Å². The van der Waals surface area contributed by atoms with E-state index in [0.29, 0.717) is 12.1 Å². The summed E-state index contributed by atoms with van der Waals surface area (Å²) in [6, 6.07) is 14.8. The van der Waals surface area contributed by atoms with E-state index in [1.807, 2.05) is 36.4 Å². The van der Waals surface area contributed by atoms with E-state index in [4.69, 9.17) is 0 Å². The van der Waals surface area contributed by atoms with Gasteiger partial charge in [-0.25, -0.2) is 4.39 Å². The Morgan fingerprint density at radius 3 is 2.50 bits per heavy atom. The first-order valence-corrected chi connectivity index (χ1v) is 9.14. The van der Waals surface area contributed by atoms with Gasteiger partial charge < -0.3 is 5.11 Å². The van der Waals surface area contributed by atoms with Crippen LogP contribution in [0, 0.1) is 5.82 Å². The number of hydrogen-bond donors (Lipinski definition) is 1. The van der Waals surface area contributed by atoms with Gasteiger partial charge in [0.05, 0.1) is 6.04 Å². The van der Waals surface area contributed by atoms with E-state index >= 15 is 0 Å². The van der Waals surface area contributed by atoms with Gasteiger partial charge in [-0.2, -0.15) is 0 Å². The molecule has 26 heavy (non-hydrogen) atoms. The zero-order valence-electron chi connectivity index (χ0n) is 15.5. The highest BCUT2D eigenvalue weighted by molar-refractivity contribution is 5.36. The number of benzene rings is 2. The van der Waals surface area contributed by atoms with Crippen molar-refractivity contribution in [1.29, 1.82) is 0 Å². The zero-order valence-corrected chi connectivity index (χ0v) is 15.5. The van der Waals surface area contributed by atoms with Crippen LogP contribution in [0.5, 0.6) is 5.75 Å². The van der Waals surface area contributed by atoms with E-state index in [1.165, 1.54) is 12.1 Å². The molecular formula is C22H27FN2O. The molecule has 2 aromatic rings. The van der Waals surface area contributed by atoms with Gasteiger partial charge in [0.2, 0.25) is 0 Å². The second kappa shape index (κ2) is 8.02. The predicted octanol–water partition coefficient (Wildman–Crippen LogP) is 4.20. The smallest absolute Gasteiger partial charge is 0.123 e. The molecule has 1 N–H and O–H groups in total. The molecule has 0 amide bonds. The van der Waals surface area contributed by atoms with Crippen molar-refractivity contribution in [2.24, 2.45) is 0 Å². The number of rotatable bonds is 5. The Kier molecular flexibility index (Phi) is 5.74. The average molecular weight is 354 g/mol. The summed E-state index contributed by atoms with van der Waals surface area (Å²) in [5, 5.41) is 9.98. The standard InChI is InChI=1S/C22H27FN2O/c1-4-12-24-14-17(3)25(15-16(24)2)22(18-8-10-20(23)11-9-18)19-6-5-7-21(26)13-19/h4-11,13,16-17,22,26H,1,12,14-15H2,2-3H3/t16-,17+,22+/m0/s1. The Hall–Kier alpha value is -2.17. The number of aromatic hydroxyl groups is 1. The van der Waals surface area contributed by atoms with Crippen molar-refractivity contribution in [3.05, 3.63) is 78.1 Å². The number of nitrogens with zero attached hydrogens (tertiary/aromatic N) is 2. The van der Waals surface area contributed by atoms with E-state index in [0.717, 1.165) is 30.8 Å². The Bertz CT molecular complexity index is 746. The summed E-state index contributed by atoms with van der Waals surface area (Å²) in [6.45, 7) is 11.0. The first kappa shape index (κ1) is 18.6. The van der Waals surface area contributed by atoms with Crippen molar-refractivity contribution in [1.82, 2.24) is 9.80 Å². The molecule has 1 saturated heterocycles. The number of phenols is 1. The average Bonchev–Trinajstić information content (AvgIpc) is 2.61. The summed E-state index contributed by atoms with van der Waals surface area (Å²) in [4.78, 5) is 4.88. The molecule has 4 heteroatoms. The Morgan fingerprint density at radius 2 is 1.85 bits per heavy atom. The third-order valence-corrected chi connectivity index (χ3v) is 5.23. The van der Waals surface area contributed by atoms with Gasteiger partial charge in [-0.15, -0.1) is 6.58 Å². The molecule has 1 aliphatic rings. The van der Waals surface area contributed by atoms with Crippen LogP contribution in [-0.4, -0.2) is 46.6 Å². The minimum atomic E-state index is -0.236. The van der Waals surface area contributed by atoms with E-state index in [9.17, 15) is 9.50 Å². The van der Waals surface area contributed by atoms with Crippen molar-refractivity contribution in [2.75, 3.05) is 19.6 Å². The van der Waals surface area contributed by atoms with Crippen molar-refractivity contribution in [3.8, 4) is 5.75 Å². The van der Waals surface area contributed by atoms with Crippen LogP contribution in [0.1, 0.15) is 31.0 Å². The fourth-order valence-corrected chi connectivity index (χ4v) is 3.92. The van der Waals surface area contributed by atoms with Crippen LogP contribution in [0.4, 0.5) is 4.39 Å². The van der Waals surface area contributed by atoms with Crippen LogP contribution in [0.2, 0.25) is 0 Å². The normalized spacial score (nSPS) is 22.9. The molecule has 3 nitrogen and oxygen atoms in total. The van der Waals surface area contributed by atoms with Crippen LogP contribution in [0.25, 0.3) is 0 Å². The molecule has 0 aromatic heterocycles. The maximum absolute atomic E-state index is 13.5. The molecule has 3 rings (SSSR count). The summed E-state index contributed by atoms with van der Waals surface area (Å²) in [6.07, 6.45) is 1.95. The Balaban J connectivity index is 1.98. The molecule has 0 radical (unpaired) electrons. The lowest BCUT2D eigenvalue weighted by Crippen LogP contribution is -2.57. The second-order valence-corrected chi connectivity index (χ2v) is 7.19. The van der Waals surface area contributed by atoms with E-state index in [2.05, 4.69) is 30.2 Å². The highest BCUT2D eigenvalue weighted by Gasteiger charge is 2.34. The molecule has 138 valence electrons. The van der Waals surface area contributed by atoms with Gasteiger partial charge in [0, 0.05) is 31.7 Å². The topological polar surface area (TPSA) is 26.7 Å². The monoisotopic (exact) mass is 354 g/mol. The minimum Gasteiger partial charge on any atom is -0.508 e. The lowest BCUT2D eigenvalue weighted by atomic mass is 9.93. The molecule has 2 aromatic carbocycles. The number of piperazine rings is 1. The van der Waals surface area contributed by atoms with Crippen LogP contribution >= 0.6 is 0 Å².